The van der Waals surface area contributed by atoms with Crippen molar-refractivity contribution in [2.24, 2.45) is 0 Å². The van der Waals surface area contributed by atoms with Gasteiger partial charge in [0, 0.05) is 37.9 Å². The standard InChI is InChI=1S/C39H20N4O2/c1-4-13-29-25(10-1)35(42-39(41-29)26-12-7-11-24-23-9-3-6-15-33(23)45-37(24)26)21-16-17-32-28(18-21)34-36-27(19-30-38(34)44-20-40-30)22-8-2-5-14-31(22)43(32)36/h1-20H. The molecule has 11 aromatic rings. The van der Waals surface area contributed by atoms with Crippen LogP contribution in [0.3, 0.4) is 0 Å². The zero-order valence-corrected chi connectivity index (χ0v) is 23.7. The summed E-state index contributed by atoms with van der Waals surface area (Å²) in [6.07, 6.45) is 1.54. The first-order chi connectivity index (χ1) is 22.3. The molecule has 0 spiro atoms. The van der Waals surface area contributed by atoms with Gasteiger partial charge in [-0.3, -0.25) is 0 Å². The van der Waals surface area contributed by atoms with E-state index in [4.69, 9.17) is 18.8 Å². The number of rotatable bonds is 2. The van der Waals surface area contributed by atoms with Gasteiger partial charge in [0.25, 0.3) is 0 Å². The van der Waals surface area contributed by atoms with E-state index >= 15 is 0 Å². The highest BCUT2D eigenvalue weighted by Gasteiger charge is 2.23. The number of oxazole rings is 1. The molecule has 0 aliphatic carbocycles. The summed E-state index contributed by atoms with van der Waals surface area (Å²) in [5.41, 5.74) is 10.4. The molecule has 0 N–H and O–H groups in total. The largest absolute Gasteiger partial charge is 0.455 e. The van der Waals surface area contributed by atoms with Crippen LogP contribution in [0.1, 0.15) is 0 Å². The first kappa shape index (κ1) is 23.2. The summed E-state index contributed by atoms with van der Waals surface area (Å²) in [6.45, 7) is 0. The summed E-state index contributed by atoms with van der Waals surface area (Å²) in [7, 11) is 0. The van der Waals surface area contributed by atoms with Crippen LogP contribution in [0, 0.1) is 0 Å². The molecule has 0 aliphatic heterocycles. The number of aromatic nitrogens is 4. The monoisotopic (exact) mass is 576 g/mol. The molecule has 0 saturated heterocycles. The van der Waals surface area contributed by atoms with Gasteiger partial charge in [-0.2, -0.15) is 0 Å². The van der Waals surface area contributed by atoms with E-state index in [0.717, 1.165) is 82.6 Å². The average molecular weight is 577 g/mol. The van der Waals surface area contributed by atoms with Gasteiger partial charge in [0.2, 0.25) is 0 Å². The summed E-state index contributed by atoms with van der Waals surface area (Å²) in [5, 5.41) is 7.68. The van der Waals surface area contributed by atoms with Crippen molar-refractivity contribution < 1.29 is 8.83 Å². The maximum Gasteiger partial charge on any atom is 0.182 e. The van der Waals surface area contributed by atoms with E-state index in [1.54, 1.807) is 0 Å². The number of para-hydroxylation sites is 4. The minimum atomic E-state index is 0.630. The van der Waals surface area contributed by atoms with Gasteiger partial charge in [-0.15, -0.1) is 0 Å². The van der Waals surface area contributed by atoms with Gasteiger partial charge in [0.1, 0.15) is 16.7 Å². The minimum Gasteiger partial charge on any atom is -0.455 e. The minimum absolute atomic E-state index is 0.630. The van der Waals surface area contributed by atoms with Crippen molar-refractivity contribution in [3.8, 4) is 22.6 Å². The Morgan fingerprint density at radius 3 is 2.31 bits per heavy atom. The van der Waals surface area contributed by atoms with Crippen molar-refractivity contribution in [2.75, 3.05) is 0 Å². The van der Waals surface area contributed by atoms with E-state index in [-0.39, 0.29) is 0 Å². The lowest BCUT2D eigenvalue weighted by atomic mass is 10.0. The van der Waals surface area contributed by atoms with Crippen molar-refractivity contribution in [1.29, 1.82) is 0 Å². The van der Waals surface area contributed by atoms with Crippen LogP contribution >= 0.6 is 0 Å². The van der Waals surface area contributed by atoms with E-state index in [1.165, 1.54) is 22.7 Å². The fourth-order valence-electron chi connectivity index (χ4n) is 7.37. The fourth-order valence-corrected chi connectivity index (χ4v) is 7.37. The van der Waals surface area contributed by atoms with Gasteiger partial charge in [-0.25, -0.2) is 15.0 Å². The van der Waals surface area contributed by atoms with Crippen LogP contribution < -0.4 is 0 Å². The Balaban J connectivity index is 1.23. The van der Waals surface area contributed by atoms with Crippen LogP contribution in [0.4, 0.5) is 0 Å². The first-order valence-electron chi connectivity index (χ1n) is 14.9. The molecule has 5 heterocycles. The molecule has 11 rings (SSSR count). The Labute approximate surface area is 254 Å². The number of hydrogen-bond acceptors (Lipinski definition) is 5. The molecule has 208 valence electrons. The third kappa shape index (κ3) is 2.95. The Morgan fingerprint density at radius 2 is 1.36 bits per heavy atom. The van der Waals surface area contributed by atoms with Crippen LogP contribution in [0.15, 0.2) is 130 Å². The first-order valence-corrected chi connectivity index (χ1v) is 14.9. The van der Waals surface area contributed by atoms with Gasteiger partial charge in [0.05, 0.1) is 38.7 Å². The third-order valence-corrected chi connectivity index (χ3v) is 9.28. The molecular weight excluding hydrogens is 556 g/mol. The Hall–Kier alpha value is -6.27. The van der Waals surface area contributed by atoms with Crippen LogP contribution in [0.2, 0.25) is 0 Å². The van der Waals surface area contributed by atoms with Crippen LogP contribution in [0.5, 0.6) is 0 Å². The molecular formula is C39H20N4O2. The van der Waals surface area contributed by atoms with Crippen LogP contribution in [-0.4, -0.2) is 19.4 Å². The predicted molar refractivity (Wildman–Crippen MR) is 180 cm³/mol. The van der Waals surface area contributed by atoms with Crippen LogP contribution in [0.25, 0.3) is 105 Å². The normalized spacial score (nSPS) is 12.4. The van der Waals surface area contributed by atoms with Gasteiger partial charge in [-0.05, 0) is 42.5 Å². The average Bonchev–Trinajstić information content (AvgIpc) is 3.86. The molecule has 0 fully saturated rings. The Bertz CT molecular complexity index is 3000. The molecule has 0 saturated carbocycles. The number of furan rings is 1. The summed E-state index contributed by atoms with van der Waals surface area (Å²) in [6, 6.07) is 39.8. The van der Waals surface area contributed by atoms with E-state index in [1.807, 2.05) is 42.5 Å². The zero-order chi connectivity index (χ0) is 29.2. The van der Waals surface area contributed by atoms with Gasteiger partial charge in [0.15, 0.2) is 17.8 Å². The van der Waals surface area contributed by atoms with Gasteiger partial charge >= 0.3 is 0 Å². The third-order valence-electron chi connectivity index (χ3n) is 9.28. The van der Waals surface area contributed by atoms with Gasteiger partial charge in [-0.1, -0.05) is 72.8 Å². The smallest absolute Gasteiger partial charge is 0.182 e. The molecule has 45 heavy (non-hydrogen) atoms. The summed E-state index contributed by atoms with van der Waals surface area (Å²) >= 11 is 0. The molecule has 5 aromatic heterocycles. The molecule has 0 amide bonds. The maximum atomic E-state index is 6.38. The second kappa shape index (κ2) is 8.21. The lowest BCUT2D eigenvalue weighted by Crippen LogP contribution is -1.95. The van der Waals surface area contributed by atoms with Crippen molar-refractivity contribution in [1.82, 2.24) is 19.4 Å². The molecule has 0 radical (unpaired) electrons. The molecule has 6 nitrogen and oxygen atoms in total. The van der Waals surface area contributed by atoms with Crippen molar-refractivity contribution >= 4 is 82.0 Å². The highest BCUT2D eigenvalue weighted by atomic mass is 16.3. The number of hydrogen-bond donors (Lipinski definition) is 0. The molecule has 0 atom stereocenters. The van der Waals surface area contributed by atoms with Crippen molar-refractivity contribution in [2.45, 2.75) is 0 Å². The molecule has 0 unspecified atom stereocenters. The Morgan fingerprint density at radius 1 is 0.556 bits per heavy atom. The van der Waals surface area contributed by atoms with E-state index in [0.29, 0.717) is 5.82 Å². The van der Waals surface area contributed by atoms with Crippen LogP contribution in [-0.2, 0) is 0 Å². The van der Waals surface area contributed by atoms with E-state index in [9.17, 15) is 0 Å². The number of fused-ring (bicyclic) bond motifs is 12. The molecule has 0 bridgehead atoms. The van der Waals surface area contributed by atoms with E-state index < -0.39 is 0 Å². The quantitative estimate of drug-likeness (QED) is 0.205. The summed E-state index contributed by atoms with van der Waals surface area (Å²) in [4.78, 5) is 14.9. The number of benzene rings is 6. The lowest BCUT2D eigenvalue weighted by Gasteiger charge is -2.10. The molecule has 6 aromatic carbocycles. The van der Waals surface area contributed by atoms with Gasteiger partial charge < -0.3 is 13.2 Å². The topological polar surface area (TPSA) is 69.4 Å². The highest BCUT2D eigenvalue weighted by molar-refractivity contribution is 6.30. The molecule has 0 aliphatic rings. The summed E-state index contributed by atoms with van der Waals surface area (Å²) < 4.78 is 14.8. The van der Waals surface area contributed by atoms with Crippen molar-refractivity contribution in [3.05, 3.63) is 122 Å². The SMILES string of the molecule is c1ccc2c(-c3ccc4c(c3)c3c5ocnc5cc5c6ccccc6n4c53)nc(-c3cccc4c3oc3ccccc34)nc2c1. The lowest BCUT2D eigenvalue weighted by molar-refractivity contribution is 0.605. The maximum absolute atomic E-state index is 6.38. The fraction of sp³-hybridized carbons (Fsp3) is 0. The predicted octanol–water partition coefficient (Wildman–Crippen LogP) is 10.2. The van der Waals surface area contributed by atoms with Crippen molar-refractivity contribution in [3.63, 3.8) is 0 Å². The molecule has 6 heteroatoms. The zero-order valence-electron chi connectivity index (χ0n) is 23.7. The summed E-state index contributed by atoms with van der Waals surface area (Å²) in [5.74, 6) is 0.630. The highest BCUT2D eigenvalue weighted by Crippen LogP contribution is 2.44. The Kier molecular flexibility index (Phi) is 4.24. The second-order valence-electron chi connectivity index (χ2n) is 11.6. The second-order valence-corrected chi connectivity index (χ2v) is 11.6. The van der Waals surface area contributed by atoms with E-state index in [2.05, 4.69) is 82.2 Å². The number of nitrogens with zero attached hydrogens (tertiary/aromatic N) is 4.